The highest BCUT2D eigenvalue weighted by atomic mass is 16.5. The molecule has 1 fully saturated rings. The van der Waals surface area contributed by atoms with Crippen molar-refractivity contribution in [3.63, 3.8) is 0 Å². The van der Waals surface area contributed by atoms with Crippen molar-refractivity contribution in [2.75, 3.05) is 41.0 Å². The smallest absolute Gasteiger partial charge is 0.222 e. The van der Waals surface area contributed by atoms with Crippen LogP contribution >= 0.6 is 0 Å². The summed E-state index contributed by atoms with van der Waals surface area (Å²) in [5.41, 5.74) is 2.00. The maximum absolute atomic E-state index is 12.5. The van der Waals surface area contributed by atoms with Gasteiger partial charge in [0.1, 0.15) is 0 Å². The Morgan fingerprint density at radius 1 is 1.19 bits per heavy atom. The number of likely N-dealkylation sites (tertiary alicyclic amines) is 1. The average Bonchev–Trinajstić information content (AvgIpc) is 2.81. The van der Waals surface area contributed by atoms with Gasteiger partial charge in [0.15, 0.2) is 11.5 Å². The topological polar surface area (TPSA) is 72.9 Å². The molecule has 2 heterocycles. The molecule has 1 amide bonds. The number of hydrogen-bond acceptors (Lipinski definition) is 6. The van der Waals surface area contributed by atoms with Crippen molar-refractivity contribution >= 4 is 5.91 Å². The molecule has 2 unspecified atom stereocenters. The van der Waals surface area contributed by atoms with E-state index in [-0.39, 0.29) is 17.9 Å². The van der Waals surface area contributed by atoms with Crippen LogP contribution in [0.4, 0.5) is 0 Å². The lowest BCUT2D eigenvalue weighted by Crippen LogP contribution is -2.43. The van der Waals surface area contributed by atoms with Gasteiger partial charge in [-0.15, -0.1) is 0 Å². The molecule has 0 saturated carbocycles. The second-order valence-corrected chi connectivity index (χ2v) is 7.83. The fraction of sp³-hybridized carbons (Fsp3) is 0.500. The van der Waals surface area contributed by atoms with E-state index >= 15 is 0 Å². The van der Waals surface area contributed by atoms with Gasteiger partial charge in [0, 0.05) is 38.4 Å². The monoisotopic (exact) mass is 427 g/mol. The minimum atomic E-state index is -0.124. The Bertz CT molecular complexity index is 831. The summed E-state index contributed by atoms with van der Waals surface area (Å²) in [6, 6.07) is 11.7. The first-order chi connectivity index (χ1) is 15.2. The van der Waals surface area contributed by atoms with Gasteiger partial charge in [0.05, 0.1) is 32.6 Å². The number of pyridine rings is 1. The molecule has 1 saturated heterocycles. The summed E-state index contributed by atoms with van der Waals surface area (Å²) in [4.78, 5) is 19.5. The van der Waals surface area contributed by atoms with Crippen molar-refractivity contribution in [3.05, 3.63) is 53.9 Å². The molecule has 1 N–H and O–H groups in total. The highest BCUT2D eigenvalue weighted by Gasteiger charge is 2.30. The zero-order chi connectivity index (χ0) is 22.1. The van der Waals surface area contributed by atoms with Gasteiger partial charge in [-0.25, -0.2) is 0 Å². The Hall–Kier alpha value is -2.64. The SMILES string of the molecule is COCCC(=O)NC(c1ccccn1)C1CCCN(Cc2cccc(OC)c2OC)C1. The summed E-state index contributed by atoms with van der Waals surface area (Å²) in [6.07, 6.45) is 4.23. The number of piperidine rings is 1. The Balaban J connectivity index is 1.75. The Morgan fingerprint density at radius 3 is 2.77 bits per heavy atom. The standard InChI is InChI=1S/C24H33N3O4/c1-29-15-12-22(28)26-23(20-10-4-5-13-25-20)18-9-7-14-27(16-18)17-19-8-6-11-21(30-2)24(19)31-3/h4-6,8,10-11,13,18,23H,7,9,12,14-17H2,1-3H3,(H,26,28). The minimum absolute atomic E-state index is 0.0101. The van der Waals surface area contributed by atoms with E-state index in [9.17, 15) is 4.79 Å². The second kappa shape index (κ2) is 11.7. The molecule has 1 aromatic heterocycles. The molecule has 0 bridgehead atoms. The van der Waals surface area contributed by atoms with Gasteiger partial charge >= 0.3 is 0 Å². The zero-order valence-corrected chi connectivity index (χ0v) is 18.7. The number of methoxy groups -OCH3 is 3. The van der Waals surface area contributed by atoms with E-state index in [1.54, 1.807) is 27.5 Å². The number of carbonyl (C=O) groups excluding carboxylic acids is 1. The summed E-state index contributed by atoms with van der Waals surface area (Å²) >= 11 is 0. The molecular weight excluding hydrogens is 394 g/mol. The first-order valence-electron chi connectivity index (χ1n) is 10.8. The molecule has 1 aliphatic rings. The van der Waals surface area contributed by atoms with E-state index < -0.39 is 0 Å². The molecule has 7 heteroatoms. The van der Waals surface area contributed by atoms with E-state index in [1.165, 1.54) is 0 Å². The fourth-order valence-corrected chi connectivity index (χ4v) is 4.26. The lowest BCUT2D eigenvalue weighted by atomic mass is 9.88. The van der Waals surface area contributed by atoms with E-state index in [4.69, 9.17) is 14.2 Å². The van der Waals surface area contributed by atoms with E-state index in [0.29, 0.717) is 13.0 Å². The maximum Gasteiger partial charge on any atom is 0.222 e. The van der Waals surface area contributed by atoms with Crippen molar-refractivity contribution in [2.45, 2.75) is 31.8 Å². The molecule has 168 valence electrons. The van der Waals surface area contributed by atoms with Gasteiger partial charge in [-0.1, -0.05) is 18.2 Å². The summed E-state index contributed by atoms with van der Waals surface area (Å²) in [7, 11) is 4.94. The molecule has 7 nitrogen and oxygen atoms in total. The summed E-state index contributed by atoms with van der Waals surface area (Å²) in [5, 5.41) is 3.21. The molecule has 1 aromatic carbocycles. The van der Waals surface area contributed by atoms with Crippen LogP contribution in [-0.2, 0) is 16.1 Å². The van der Waals surface area contributed by atoms with Gasteiger partial charge in [-0.2, -0.15) is 0 Å². The number of nitrogens with one attached hydrogen (secondary N) is 1. The quantitative estimate of drug-likeness (QED) is 0.628. The number of carbonyl (C=O) groups is 1. The molecular formula is C24H33N3O4. The van der Waals surface area contributed by atoms with Crippen molar-refractivity contribution < 1.29 is 19.0 Å². The van der Waals surface area contributed by atoms with Crippen LogP contribution in [0.1, 0.15) is 36.6 Å². The first-order valence-corrected chi connectivity index (χ1v) is 10.8. The highest BCUT2D eigenvalue weighted by Crippen LogP contribution is 2.34. The molecule has 0 radical (unpaired) electrons. The molecule has 2 atom stereocenters. The second-order valence-electron chi connectivity index (χ2n) is 7.83. The molecule has 2 aromatic rings. The third kappa shape index (κ3) is 6.18. The van der Waals surface area contributed by atoms with Crippen LogP contribution in [0.15, 0.2) is 42.6 Å². The number of hydrogen-bond donors (Lipinski definition) is 1. The van der Waals surface area contributed by atoms with Crippen molar-refractivity contribution in [1.82, 2.24) is 15.2 Å². The third-order valence-corrected chi connectivity index (χ3v) is 5.75. The Kier molecular flexibility index (Phi) is 8.67. The Labute approximate surface area is 184 Å². The normalized spacial score (nSPS) is 17.7. The number of aromatic nitrogens is 1. The number of ether oxygens (including phenoxy) is 3. The van der Waals surface area contributed by atoms with Gasteiger partial charge in [0.2, 0.25) is 5.91 Å². The number of rotatable bonds is 10. The minimum Gasteiger partial charge on any atom is -0.493 e. The number of amides is 1. The first kappa shape index (κ1) is 23.0. The van der Waals surface area contributed by atoms with E-state index in [0.717, 1.165) is 55.2 Å². The fourth-order valence-electron chi connectivity index (χ4n) is 4.26. The van der Waals surface area contributed by atoms with Crippen LogP contribution in [0.3, 0.4) is 0 Å². The summed E-state index contributed by atoms with van der Waals surface area (Å²) < 4.78 is 16.1. The summed E-state index contributed by atoms with van der Waals surface area (Å²) in [6.45, 7) is 3.05. The third-order valence-electron chi connectivity index (χ3n) is 5.75. The maximum atomic E-state index is 12.5. The van der Waals surface area contributed by atoms with Crippen LogP contribution in [-0.4, -0.2) is 56.8 Å². The van der Waals surface area contributed by atoms with Crippen LogP contribution in [0.5, 0.6) is 11.5 Å². The van der Waals surface area contributed by atoms with Gasteiger partial charge in [-0.05, 0) is 43.5 Å². The van der Waals surface area contributed by atoms with Crippen LogP contribution < -0.4 is 14.8 Å². The molecule has 1 aliphatic heterocycles. The van der Waals surface area contributed by atoms with Gasteiger partial charge in [0.25, 0.3) is 0 Å². The lowest BCUT2D eigenvalue weighted by molar-refractivity contribution is -0.123. The van der Waals surface area contributed by atoms with Crippen molar-refractivity contribution in [1.29, 1.82) is 0 Å². The van der Waals surface area contributed by atoms with Crippen LogP contribution in [0, 0.1) is 5.92 Å². The predicted molar refractivity (Wildman–Crippen MR) is 119 cm³/mol. The number of nitrogens with zero attached hydrogens (tertiary/aromatic N) is 2. The van der Waals surface area contributed by atoms with Crippen molar-refractivity contribution in [2.24, 2.45) is 5.92 Å². The van der Waals surface area contributed by atoms with Crippen LogP contribution in [0.2, 0.25) is 0 Å². The van der Waals surface area contributed by atoms with E-state index in [1.807, 2.05) is 30.3 Å². The predicted octanol–water partition coefficient (Wildman–Crippen LogP) is 3.20. The molecule has 31 heavy (non-hydrogen) atoms. The molecule has 3 rings (SSSR count). The number of benzene rings is 1. The van der Waals surface area contributed by atoms with Crippen LogP contribution in [0.25, 0.3) is 0 Å². The lowest BCUT2D eigenvalue weighted by Gasteiger charge is -2.37. The summed E-state index contributed by atoms with van der Waals surface area (Å²) in [5.74, 6) is 1.78. The van der Waals surface area contributed by atoms with Gasteiger partial charge < -0.3 is 19.5 Å². The molecule has 0 spiro atoms. The van der Waals surface area contributed by atoms with E-state index in [2.05, 4.69) is 21.3 Å². The largest absolute Gasteiger partial charge is 0.493 e. The molecule has 0 aliphatic carbocycles. The van der Waals surface area contributed by atoms with Crippen molar-refractivity contribution in [3.8, 4) is 11.5 Å². The number of para-hydroxylation sites is 1. The Morgan fingerprint density at radius 2 is 2.06 bits per heavy atom. The highest BCUT2D eigenvalue weighted by molar-refractivity contribution is 5.76. The zero-order valence-electron chi connectivity index (χ0n) is 18.7. The van der Waals surface area contributed by atoms with Gasteiger partial charge in [-0.3, -0.25) is 14.7 Å². The average molecular weight is 428 g/mol.